The molecule has 8 nitrogen and oxygen atoms in total. The molecule has 5 rings (SSSR count). The molecule has 3 amide bonds. The number of imide groups is 1. The van der Waals surface area contributed by atoms with E-state index in [4.69, 9.17) is 11.3 Å². The van der Waals surface area contributed by atoms with Crippen LogP contribution in [0.15, 0.2) is 42.5 Å². The highest BCUT2D eigenvalue weighted by molar-refractivity contribution is 5.92. The second kappa shape index (κ2) is 10.1. The van der Waals surface area contributed by atoms with E-state index < -0.39 is 35.4 Å². The van der Waals surface area contributed by atoms with Crippen LogP contribution in [0.4, 0.5) is 24.1 Å². The lowest BCUT2D eigenvalue weighted by atomic mass is 9.77. The minimum atomic E-state index is -1.05. The van der Waals surface area contributed by atoms with Gasteiger partial charge in [-0.15, -0.1) is 0 Å². The van der Waals surface area contributed by atoms with E-state index in [1.165, 1.54) is 6.07 Å². The second-order valence-electron chi connectivity index (χ2n) is 9.99. The van der Waals surface area contributed by atoms with Crippen molar-refractivity contribution in [1.29, 1.82) is 0 Å². The van der Waals surface area contributed by atoms with E-state index in [2.05, 4.69) is 15.1 Å². The molecule has 2 aromatic carbocycles. The van der Waals surface area contributed by atoms with E-state index in [9.17, 15) is 23.5 Å². The summed E-state index contributed by atoms with van der Waals surface area (Å²) in [5.74, 6) is -2.06. The molecule has 194 valence electrons. The summed E-state index contributed by atoms with van der Waals surface area (Å²) >= 11 is 0. The van der Waals surface area contributed by atoms with Crippen LogP contribution in [0.2, 0.25) is 0 Å². The van der Waals surface area contributed by atoms with Crippen LogP contribution in [-0.2, 0) is 10.3 Å². The van der Waals surface area contributed by atoms with Gasteiger partial charge in [0.15, 0.2) is 17.3 Å². The minimum Gasteiger partial charge on any atom is -0.446 e. The van der Waals surface area contributed by atoms with Crippen molar-refractivity contribution in [3.05, 3.63) is 76.6 Å². The fourth-order valence-electron chi connectivity index (χ4n) is 5.67. The van der Waals surface area contributed by atoms with Crippen LogP contribution >= 0.6 is 0 Å². The van der Waals surface area contributed by atoms with Crippen LogP contribution in [0.25, 0.3) is 4.85 Å². The smallest absolute Gasteiger partial charge is 0.418 e. The molecular formula is C27H28F2N4O4. The van der Waals surface area contributed by atoms with E-state index in [0.717, 1.165) is 42.0 Å². The Morgan fingerprint density at radius 1 is 1.11 bits per heavy atom. The number of aliphatic hydroxyl groups is 1. The Kier molecular flexibility index (Phi) is 6.84. The molecule has 3 aliphatic rings. The standard InChI is InChI=1S/C27H28F2N4O4/c1-30-19-5-3-18(4-6-19)27(36)11-8-21(9-12-27)32-13-10-20(15-32)31-25(34)33-24(16-37-26(33)35)17-2-7-22(28)23(29)14-17/h2-7,14,20-21,24,36H,8-13,15-16H2,(H,31,34)/t20?,21?,24-,27?/m1/s1. The zero-order chi connectivity index (χ0) is 26.2. The molecule has 0 bridgehead atoms. The number of likely N-dealkylation sites (tertiary alicyclic amines) is 1. The number of nitrogens with zero attached hydrogens (tertiary/aromatic N) is 3. The molecule has 2 aromatic rings. The van der Waals surface area contributed by atoms with E-state index in [0.29, 0.717) is 31.5 Å². The predicted octanol–water partition coefficient (Wildman–Crippen LogP) is 4.62. The van der Waals surface area contributed by atoms with Gasteiger partial charge >= 0.3 is 12.1 Å². The third-order valence-corrected chi connectivity index (χ3v) is 7.80. The van der Waals surface area contributed by atoms with E-state index in [1.54, 1.807) is 12.1 Å². The molecule has 0 aromatic heterocycles. The summed E-state index contributed by atoms with van der Waals surface area (Å²) in [7, 11) is 0. The molecule has 2 saturated heterocycles. The van der Waals surface area contributed by atoms with Gasteiger partial charge in [0.05, 0.1) is 12.2 Å². The van der Waals surface area contributed by atoms with Gasteiger partial charge in [0.25, 0.3) is 0 Å². The number of ether oxygens (including phenoxy) is 1. The lowest BCUT2D eigenvalue weighted by molar-refractivity contribution is -0.0223. The number of urea groups is 1. The molecule has 0 radical (unpaired) electrons. The third kappa shape index (κ3) is 5.02. The van der Waals surface area contributed by atoms with Crippen LogP contribution < -0.4 is 5.32 Å². The Labute approximate surface area is 213 Å². The maximum atomic E-state index is 13.7. The first-order chi connectivity index (χ1) is 17.8. The van der Waals surface area contributed by atoms with Gasteiger partial charge < -0.3 is 15.2 Å². The number of hydrogen-bond donors (Lipinski definition) is 2. The molecule has 10 heteroatoms. The Morgan fingerprint density at radius 3 is 2.51 bits per heavy atom. The Morgan fingerprint density at radius 2 is 1.84 bits per heavy atom. The summed E-state index contributed by atoms with van der Waals surface area (Å²) in [4.78, 5) is 31.9. The van der Waals surface area contributed by atoms with Crippen LogP contribution in [0.1, 0.15) is 49.3 Å². The molecule has 1 aliphatic carbocycles. The van der Waals surface area contributed by atoms with Gasteiger partial charge in [-0.3, -0.25) is 4.90 Å². The molecule has 2 heterocycles. The molecule has 2 aliphatic heterocycles. The van der Waals surface area contributed by atoms with Crippen molar-refractivity contribution in [2.75, 3.05) is 19.7 Å². The number of carbonyl (C=O) groups is 2. The Bertz CT molecular complexity index is 1220. The van der Waals surface area contributed by atoms with Gasteiger partial charge in [0.2, 0.25) is 0 Å². The lowest BCUT2D eigenvalue weighted by Gasteiger charge is -2.40. The third-order valence-electron chi connectivity index (χ3n) is 7.80. The summed E-state index contributed by atoms with van der Waals surface area (Å²) in [6.07, 6.45) is 2.72. The van der Waals surface area contributed by atoms with Gasteiger partial charge in [-0.25, -0.2) is 28.1 Å². The quantitative estimate of drug-likeness (QED) is 0.586. The molecule has 0 spiro atoms. The number of halogens is 2. The van der Waals surface area contributed by atoms with Crippen LogP contribution in [0, 0.1) is 18.2 Å². The first-order valence-corrected chi connectivity index (χ1v) is 12.4. The van der Waals surface area contributed by atoms with Gasteiger partial charge in [0, 0.05) is 25.2 Å². The van der Waals surface area contributed by atoms with Crippen molar-refractivity contribution in [3.63, 3.8) is 0 Å². The van der Waals surface area contributed by atoms with Crippen LogP contribution in [-0.4, -0.2) is 58.8 Å². The number of rotatable bonds is 4. The Balaban J connectivity index is 1.16. The molecule has 1 saturated carbocycles. The van der Waals surface area contributed by atoms with Crippen molar-refractivity contribution in [2.45, 2.75) is 55.8 Å². The fourth-order valence-corrected chi connectivity index (χ4v) is 5.67. The lowest BCUT2D eigenvalue weighted by Crippen LogP contribution is -2.48. The monoisotopic (exact) mass is 510 g/mol. The highest BCUT2D eigenvalue weighted by Crippen LogP contribution is 2.40. The molecule has 2 N–H and O–H groups in total. The van der Waals surface area contributed by atoms with E-state index in [1.807, 2.05) is 12.1 Å². The van der Waals surface area contributed by atoms with Crippen molar-refractivity contribution >= 4 is 17.8 Å². The number of hydrogen-bond acceptors (Lipinski definition) is 5. The highest BCUT2D eigenvalue weighted by Gasteiger charge is 2.42. The zero-order valence-electron chi connectivity index (χ0n) is 20.2. The summed E-state index contributed by atoms with van der Waals surface area (Å²) in [5.41, 5.74) is 0.754. The summed E-state index contributed by atoms with van der Waals surface area (Å²) in [6, 6.07) is 9.04. The first kappa shape index (κ1) is 25.1. The predicted molar refractivity (Wildman–Crippen MR) is 130 cm³/mol. The average Bonchev–Trinajstić information content (AvgIpc) is 3.52. The summed E-state index contributed by atoms with van der Waals surface area (Å²) in [5, 5.41) is 14.1. The summed E-state index contributed by atoms with van der Waals surface area (Å²) < 4.78 is 32.1. The van der Waals surface area contributed by atoms with Gasteiger partial charge in [-0.2, -0.15) is 0 Å². The van der Waals surface area contributed by atoms with Gasteiger partial charge in [-0.05, 0) is 55.4 Å². The number of amides is 3. The average molecular weight is 511 g/mol. The number of benzene rings is 2. The maximum absolute atomic E-state index is 13.7. The summed E-state index contributed by atoms with van der Waals surface area (Å²) in [6.45, 7) is 8.36. The maximum Gasteiger partial charge on any atom is 0.418 e. The molecular weight excluding hydrogens is 482 g/mol. The van der Waals surface area contributed by atoms with E-state index >= 15 is 0 Å². The van der Waals surface area contributed by atoms with Gasteiger partial charge in [-0.1, -0.05) is 30.3 Å². The molecule has 2 atom stereocenters. The number of nitrogens with one attached hydrogen (secondary N) is 1. The van der Waals surface area contributed by atoms with E-state index in [-0.39, 0.29) is 24.3 Å². The van der Waals surface area contributed by atoms with Crippen LogP contribution in [0.5, 0.6) is 0 Å². The van der Waals surface area contributed by atoms with Gasteiger partial charge in [0.1, 0.15) is 12.6 Å². The minimum absolute atomic E-state index is 0.125. The topological polar surface area (TPSA) is 86.5 Å². The zero-order valence-corrected chi connectivity index (χ0v) is 20.2. The molecule has 3 fully saturated rings. The normalized spacial score (nSPS) is 28.1. The Hall–Kier alpha value is -3.55. The largest absolute Gasteiger partial charge is 0.446 e. The fraction of sp³-hybridized carbons (Fsp3) is 0.444. The second-order valence-corrected chi connectivity index (χ2v) is 9.99. The van der Waals surface area contributed by atoms with Crippen molar-refractivity contribution < 1.29 is 28.2 Å². The first-order valence-electron chi connectivity index (χ1n) is 12.4. The van der Waals surface area contributed by atoms with Crippen LogP contribution in [0.3, 0.4) is 0 Å². The van der Waals surface area contributed by atoms with Crippen molar-refractivity contribution in [1.82, 2.24) is 15.1 Å². The molecule has 1 unspecified atom stereocenters. The molecule has 37 heavy (non-hydrogen) atoms. The van der Waals surface area contributed by atoms with Crippen molar-refractivity contribution in [2.24, 2.45) is 0 Å². The number of carbonyl (C=O) groups excluding carboxylic acids is 2. The van der Waals surface area contributed by atoms with Crippen molar-refractivity contribution in [3.8, 4) is 0 Å². The SMILES string of the molecule is [C-]#[N+]c1ccc(C2(O)CCC(N3CCC(NC(=O)N4C(=O)OC[C@@H]4c4ccc(F)c(F)c4)C3)CC2)cc1. The highest BCUT2D eigenvalue weighted by atomic mass is 19.2. The number of cyclic esters (lactones) is 1.